The molecule has 1 saturated heterocycles. The van der Waals surface area contributed by atoms with E-state index in [0.29, 0.717) is 0 Å². The number of rotatable bonds is 11. The van der Waals surface area contributed by atoms with Crippen molar-refractivity contribution in [3.05, 3.63) is 45.4 Å². The first-order chi connectivity index (χ1) is 14.9. The van der Waals surface area contributed by atoms with Crippen molar-refractivity contribution in [1.82, 2.24) is 9.55 Å². The van der Waals surface area contributed by atoms with Gasteiger partial charge in [-0.15, -0.1) is 0 Å². The summed E-state index contributed by atoms with van der Waals surface area (Å²) in [6, 6.07) is 1.08. The van der Waals surface area contributed by atoms with E-state index in [4.69, 9.17) is 23.8 Å². The molecule has 4 atom stereocenters. The van der Waals surface area contributed by atoms with Crippen LogP contribution in [-0.4, -0.2) is 47.4 Å². The Morgan fingerprint density at radius 1 is 1.24 bits per heavy atom. The molecule has 0 bridgehead atoms. The number of H-pyrrole nitrogens is 1. The third-order valence-corrected chi connectivity index (χ3v) is 7.86. The molecule has 16 nitrogen and oxygen atoms in total. The van der Waals surface area contributed by atoms with Crippen LogP contribution in [0.15, 0.2) is 34.2 Å². The fraction of sp³-hybridized carbons (Fsp3) is 0.571. The summed E-state index contributed by atoms with van der Waals surface area (Å²) in [5, 5.41) is 0. The quantitative estimate of drug-likeness (QED) is 0.195. The second-order valence-corrected chi connectivity index (χ2v) is 11.5. The van der Waals surface area contributed by atoms with E-state index in [0.717, 1.165) is 10.6 Å². The summed E-state index contributed by atoms with van der Waals surface area (Å²) in [5.41, 5.74) is -3.08. The number of hydrogen-bond donors (Lipinski definition) is 5. The molecule has 33 heavy (non-hydrogen) atoms. The highest BCUT2D eigenvalue weighted by molar-refractivity contribution is 7.66. The molecule has 5 N–H and O–H groups in total. The maximum Gasteiger partial charge on any atom is 0.490 e. The molecule has 1 aliphatic heterocycles. The Bertz CT molecular complexity index is 1140. The molecule has 0 amide bonds. The molecule has 188 valence electrons. The van der Waals surface area contributed by atoms with Gasteiger partial charge in [0.15, 0.2) is 5.60 Å². The molecule has 0 aromatic carbocycles. The number of phosphoric ester groups is 1. The summed E-state index contributed by atoms with van der Waals surface area (Å²) in [7, 11) is -16.7. The lowest BCUT2D eigenvalue weighted by atomic mass is 9.99. The third-order valence-electron chi connectivity index (χ3n) is 4.08. The van der Waals surface area contributed by atoms with Crippen LogP contribution in [0.1, 0.15) is 32.9 Å². The van der Waals surface area contributed by atoms with E-state index in [1.807, 2.05) is 0 Å². The number of ether oxygens (including phenoxy) is 2. The van der Waals surface area contributed by atoms with Crippen molar-refractivity contribution in [2.75, 3.05) is 6.61 Å². The van der Waals surface area contributed by atoms with Gasteiger partial charge in [-0.05, 0) is 26.7 Å². The first-order valence-corrected chi connectivity index (χ1v) is 13.6. The van der Waals surface area contributed by atoms with Crippen LogP contribution < -0.4 is 11.2 Å². The van der Waals surface area contributed by atoms with Crippen molar-refractivity contribution in [2.24, 2.45) is 0 Å². The molecular weight excluding hydrogens is 513 g/mol. The zero-order chi connectivity index (χ0) is 25.2. The number of aromatic amines is 1. The Morgan fingerprint density at radius 3 is 2.42 bits per heavy atom. The second kappa shape index (κ2) is 10.1. The third kappa shape index (κ3) is 8.09. The molecule has 0 radical (unpaired) electrons. The zero-order valence-electron chi connectivity index (χ0n) is 17.3. The van der Waals surface area contributed by atoms with Crippen LogP contribution in [0.4, 0.5) is 0 Å². The topological polar surface area (TPSA) is 233 Å². The average Bonchev–Trinajstić information content (AvgIpc) is 3.02. The van der Waals surface area contributed by atoms with Gasteiger partial charge in [-0.25, -0.2) is 18.5 Å². The number of phosphoric acid groups is 3. The first kappa shape index (κ1) is 27.8. The van der Waals surface area contributed by atoms with Crippen LogP contribution in [0.25, 0.3) is 0 Å². The summed E-state index contributed by atoms with van der Waals surface area (Å²) >= 11 is 0. The highest BCUT2D eigenvalue weighted by Crippen LogP contribution is 2.66. The fourth-order valence-electron chi connectivity index (χ4n) is 2.86. The van der Waals surface area contributed by atoms with Crippen LogP contribution in [0.5, 0.6) is 0 Å². The lowest BCUT2D eigenvalue weighted by molar-refractivity contribution is -0.106. The minimum atomic E-state index is -5.71. The van der Waals surface area contributed by atoms with Gasteiger partial charge in [0, 0.05) is 12.3 Å². The Hall–Kier alpha value is -1.41. The summed E-state index contributed by atoms with van der Waals surface area (Å²) in [4.78, 5) is 61.7. The Morgan fingerprint density at radius 2 is 1.88 bits per heavy atom. The molecule has 4 unspecified atom stereocenters. The van der Waals surface area contributed by atoms with E-state index in [9.17, 15) is 33.1 Å². The Kier molecular flexibility index (Phi) is 8.49. The van der Waals surface area contributed by atoms with Gasteiger partial charge in [-0.1, -0.05) is 6.58 Å². The SMILES string of the molecule is C=C(OC(C)C)C1(COP(=O)(O)OP(=O)(O)OP(=O)(O)O)CCC(n2ccc(=O)[nH]c2=O)O1. The molecule has 1 fully saturated rings. The van der Waals surface area contributed by atoms with Gasteiger partial charge in [-0.2, -0.15) is 8.62 Å². The van der Waals surface area contributed by atoms with Crippen molar-refractivity contribution in [2.45, 2.75) is 44.6 Å². The zero-order valence-corrected chi connectivity index (χ0v) is 20.0. The number of aromatic nitrogens is 2. The van der Waals surface area contributed by atoms with Gasteiger partial charge >= 0.3 is 29.2 Å². The highest BCUT2D eigenvalue weighted by atomic mass is 31.3. The standard InChI is InChI=1S/C14H23N2O14P3/c1-9(2)27-10(3)14(6-4-12(28-14)16-7-5-11(17)15-13(16)18)8-26-32(22,23)30-33(24,25)29-31(19,20)21/h5,7,9,12H,3-4,6,8H2,1-2H3,(H,22,23)(H,24,25)(H,15,17,18)(H2,19,20,21). The number of nitrogens with one attached hydrogen (secondary N) is 1. The van der Waals surface area contributed by atoms with E-state index in [1.54, 1.807) is 13.8 Å². The maximum absolute atomic E-state index is 12.1. The average molecular weight is 536 g/mol. The van der Waals surface area contributed by atoms with Crippen molar-refractivity contribution < 1.29 is 55.9 Å². The Labute approximate surface area is 186 Å². The van der Waals surface area contributed by atoms with Crippen LogP contribution in [0.3, 0.4) is 0 Å². The summed E-state index contributed by atoms with van der Waals surface area (Å²) in [5.74, 6) is -0.0730. The number of hydrogen-bond acceptors (Lipinski definition) is 10. The van der Waals surface area contributed by atoms with Gasteiger partial charge in [0.1, 0.15) is 12.0 Å². The Balaban J connectivity index is 2.24. The lowest BCUT2D eigenvalue weighted by Gasteiger charge is -2.32. The molecule has 0 saturated carbocycles. The maximum atomic E-state index is 12.1. The number of nitrogens with zero attached hydrogens (tertiary/aromatic N) is 1. The van der Waals surface area contributed by atoms with E-state index in [2.05, 4.69) is 20.2 Å². The van der Waals surface area contributed by atoms with Crippen LogP contribution >= 0.6 is 23.5 Å². The van der Waals surface area contributed by atoms with E-state index >= 15 is 0 Å². The minimum absolute atomic E-state index is 0.0184. The molecule has 1 aromatic heterocycles. The second-order valence-electron chi connectivity index (χ2n) is 7.08. The molecule has 19 heteroatoms. The molecule has 0 aliphatic carbocycles. The fourth-order valence-corrected chi connectivity index (χ4v) is 5.92. The highest BCUT2D eigenvalue weighted by Gasteiger charge is 2.48. The smallest absolute Gasteiger partial charge is 0.490 e. The largest absolute Gasteiger partial charge is 0.493 e. The van der Waals surface area contributed by atoms with Crippen molar-refractivity contribution in [3.8, 4) is 0 Å². The van der Waals surface area contributed by atoms with Gasteiger partial charge < -0.3 is 29.0 Å². The van der Waals surface area contributed by atoms with Crippen molar-refractivity contribution in [3.63, 3.8) is 0 Å². The first-order valence-electron chi connectivity index (χ1n) is 9.07. The van der Waals surface area contributed by atoms with Gasteiger partial charge in [0.05, 0.1) is 12.7 Å². The monoisotopic (exact) mass is 536 g/mol. The summed E-state index contributed by atoms with van der Waals surface area (Å²) in [6.45, 7) is 6.18. The van der Waals surface area contributed by atoms with E-state index in [1.165, 1.54) is 6.20 Å². The van der Waals surface area contributed by atoms with Crippen molar-refractivity contribution in [1.29, 1.82) is 0 Å². The minimum Gasteiger partial charge on any atom is -0.493 e. The predicted octanol–water partition coefficient (Wildman–Crippen LogP) is 0.866. The van der Waals surface area contributed by atoms with Crippen LogP contribution in [-0.2, 0) is 36.3 Å². The molecule has 2 rings (SSSR count). The molecule has 1 aliphatic rings. The lowest BCUT2D eigenvalue weighted by Crippen LogP contribution is -2.39. The van der Waals surface area contributed by atoms with Crippen molar-refractivity contribution >= 4 is 23.5 Å². The van der Waals surface area contributed by atoms with Crippen LogP contribution in [0, 0.1) is 0 Å². The van der Waals surface area contributed by atoms with E-state index in [-0.39, 0.29) is 18.6 Å². The molecular formula is C14H23N2O14P3. The predicted molar refractivity (Wildman–Crippen MR) is 109 cm³/mol. The summed E-state index contributed by atoms with van der Waals surface area (Å²) in [6.07, 6.45) is -0.0710. The van der Waals surface area contributed by atoms with E-state index < -0.39 is 59.3 Å². The van der Waals surface area contributed by atoms with Crippen LogP contribution in [0.2, 0.25) is 0 Å². The van der Waals surface area contributed by atoms with Gasteiger partial charge in [-0.3, -0.25) is 18.9 Å². The molecule has 1 aromatic rings. The molecule has 0 spiro atoms. The van der Waals surface area contributed by atoms with Gasteiger partial charge in [0.25, 0.3) is 5.56 Å². The van der Waals surface area contributed by atoms with Gasteiger partial charge in [0.2, 0.25) is 0 Å². The molecule has 2 heterocycles. The normalized spacial score (nSPS) is 24.9. The summed E-state index contributed by atoms with van der Waals surface area (Å²) < 4.78 is 58.9.